The Kier molecular flexibility index (Phi) is 4.12. The largest absolute Gasteiger partial charge is 0.356 e. The van der Waals surface area contributed by atoms with Gasteiger partial charge in [0, 0.05) is 37.2 Å². The molecule has 8 heteroatoms. The zero-order chi connectivity index (χ0) is 20.0. The predicted octanol–water partition coefficient (Wildman–Crippen LogP) is 4.36. The number of fused-ring (bicyclic) bond motifs is 1. The van der Waals surface area contributed by atoms with Gasteiger partial charge < -0.3 is 9.42 Å². The molecule has 6 nitrogen and oxygen atoms in total. The summed E-state index contributed by atoms with van der Waals surface area (Å²) in [6.45, 7) is 0.966. The Balaban J connectivity index is 1.28. The monoisotopic (exact) mass is 394 g/mol. The van der Waals surface area contributed by atoms with Crippen molar-refractivity contribution < 1.29 is 18.1 Å². The number of benzene rings is 2. The van der Waals surface area contributed by atoms with Crippen molar-refractivity contribution in [2.45, 2.75) is 12.5 Å². The predicted molar refractivity (Wildman–Crippen MR) is 103 cm³/mol. The maximum Gasteiger partial charge on any atom is 0.341 e. The molecule has 1 atom stereocenters. The Bertz CT molecular complexity index is 1140. The molecule has 0 radical (unpaired) electrons. The second kappa shape index (κ2) is 6.80. The van der Waals surface area contributed by atoms with Crippen molar-refractivity contribution in [3.8, 4) is 0 Å². The van der Waals surface area contributed by atoms with Gasteiger partial charge in [0.1, 0.15) is 11.6 Å². The third-order valence-corrected chi connectivity index (χ3v) is 5.10. The van der Waals surface area contributed by atoms with Crippen molar-refractivity contribution in [2.24, 2.45) is 5.10 Å². The first-order valence-corrected chi connectivity index (χ1v) is 9.17. The van der Waals surface area contributed by atoms with E-state index < -0.39 is 17.7 Å². The second-order valence-corrected chi connectivity index (χ2v) is 7.16. The molecular weight excluding hydrogens is 378 g/mol. The van der Waals surface area contributed by atoms with Crippen LogP contribution in [-0.2, 0) is 0 Å². The van der Waals surface area contributed by atoms with E-state index in [1.165, 1.54) is 17.1 Å². The summed E-state index contributed by atoms with van der Waals surface area (Å²) >= 11 is 0. The number of nitrogens with zero attached hydrogens (tertiary/aromatic N) is 4. The summed E-state index contributed by atoms with van der Waals surface area (Å²) < 4.78 is 32.2. The first-order chi connectivity index (χ1) is 14.1. The molecule has 2 amide bonds. The molecule has 0 aliphatic carbocycles. The van der Waals surface area contributed by atoms with Gasteiger partial charge >= 0.3 is 6.03 Å². The summed E-state index contributed by atoms with van der Waals surface area (Å²) in [6, 6.07) is 8.28. The molecule has 3 heterocycles. The molecule has 1 aromatic heterocycles. The Morgan fingerprint density at radius 3 is 2.72 bits per heavy atom. The van der Waals surface area contributed by atoms with Crippen LogP contribution < -0.4 is 0 Å². The maximum atomic E-state index is 13.6. The highest BCUT2D eigenvalue weighted by molar-refractivity contribution is 5.82. The van der Waals surface area contributed by atoms with Gasteiger partial charge in [0.25, 0.3) is 0 Å². The molecule has 146 valence electrons. The lowest BCUT2D eigenvalue weighted by molar-refractivity contribution is 0.136. The number of urea groups is 1. The molecule has 0 unspecified atom stereocenters. The average Bonchev–Trinajstić information content (AvgIpc) is 3.31. The van der Waals surface area contributed by atoms with E-state index in [9.17, 15) is 13.6 Å². The van der Waals surface area contributed by atoms with Crippen LogP contribution in [0, 0.1) is 11.6 Å². The quantitative estimate of drug-likeness (QED) is 0.649. The first-order valence-electron chi connectivity index (χ1n) is 9.17. The van der Waals surface area contributed by atoms with Gasteiger partial charge in [0.2, 0.25) is 0 Å². The maximum absolute atomic E-state index is 13.6. The smallest absolute Gasteiger partial charge is 0.341 e. The van der Waals surface area contributed by atoms with Crippen LogP contribution in [0.3, 0.4) is 0 Å². The molecule has 2 aliphatic rings. The summed E-state index contributed by atoms with van der Waals surface area (Å²) in [5.74, 6) is -1.34. The number of hydrogen-bond acceptors (Lipinski definition) is 4. The van der Waals surface area contributed by atoms with E-state index in [0.29, 0.717) is 25.1 Å². The zero-order valence-electron chi connectivity index (χ0n) is 15.3. The standard InChI is InChI=1S/C21H16F2N4O2/c22-17-7-15(8-18(23)9-17)19-3-4-24-27(19)21(28)26-11-14(12-26)5-13-1-2-20-16(6-13)10-25-29-20/h1-2,4-10,19H,3,11-12H2/t19-/m0/s1. The first kappa shape index (κ1) is 17.5. The van der Waals surface area contributed by atoms with Crippen molar-refractivity contribution >= 4 is 29.3 Å². The Hall–Kier alpha value is -3.55. The third-order valence-electron chi connectivity index (χ3n) is 5.10. The van der Waals surface area contributed by atoms with E-state index in [0.717, 1.165) is 28.2 Å². The van der Waals surface area contributed by atoms with Gasteiger partial charge in [-0.1, -0.05) is 17.3 Å². The molecule has 0 bridgehead atoms. The van der Waals surface area contributed by atoms with Gasteiger partial charge in [-0.3, -0.25) is 0 Å². The molecule has 5 rings (SSSR count). The minimum absolute atomic E-state index is 0.278. The van der Waals surface area contributed by atoms with E-state index in [1.807, 2.05) is 24.3 Å². The van der Waals surface area contributed by atoms with Gasteiger partial charge in [0.05, 0.1) is 12.2 Å². The van der Waals surface area contributed by atoms with Crippen LogP contribution in [0.5, 0.6) is 0 Å². The lowest BCUT2D eigenvalue weighted by atomic mass is 10.0. The van der Waals surface area contributed by atoms with E-state index >= 15 is 0 Å². The summed E-state index contributed by atoms with van der Waals surface area (Å²) in [6.07, 6.45) is 5.71. The minimum Gasteiger partial charge on any atom is -0.356 e. The molecule has 3 aromatic rings. The number of carbonyl (C=O) groups is 1. The Morgan fingerprint density at radius 1 is 1.14 bits per heavy atom. The molecule has 2 aliphatic heterocycles. The van der Waals surface area contributed by atoms with Crippen molar-refractivity contribution in [3.05, 3.63) is 70.9 Å². The number of hydrogen-bond donors (Lipinski definition) is 0. The lowest BCUT2D eigenvalue weighted by Gasteiger charge is -2.37. The van der Waals surface area contributed by atoms with Crippen LogP contribution >= 0.6 is 0 Å². The van der Waals surface area contributed by atoms with Crippen LogP contribution in [-0.4, -0.2) is 40.4 Å². The highest BCUT2D eigenvalue weighted by Gasteiger charge is 2.35. The SMILES string of the molecule is O=C(N1CC(=Cc2ccc3oncc3c2)C1)N1N=CC[C@H]1c1cc(F)cc(F)c1. The highest BCUT2D eigenvalue weighted by Crippen LogP contribution is 2.32. The summed E-state index contributed by atoms with van der Waals surface area (Å²) in [5.41, 5.74) is 3.23. The van der Waals surface area contributed by atoms with Gasteiger partial charge in [-0.05, 0) is 41.0 Å². The highest BCUT2D eigenvalue weighted by atomic mass is 19.1. The molecule has 1 saturated heterocycles. The molecule has 0 N–H and O–H groups in total. The van der Waals surface area contributed by atoms with Crippen molar-refractivity contribution in [2.75, 3.05) is 13.1 Å². The number of rotatable bonds is 2. The van der Waals surface area contributed by atoms with Crippen LogP contribution in [0.1, 0.15) is 23.6 Å². The summed E-state index contributed by atoms with van der Waals surface area (Å²) in [5, 5.41) is 10.1. The van der Waals surface area contributed by atoms with E-state index in [1.54, 1.807) is 17.3 Å². The fourth-order valence-electron chi connectivity index (χ4n) is 3.67. The third kappa shape index (κ3) is 3.26. The van der Waals surface area contributed by atoms with E-state index in [-0.39, 0.29) is 6.03 Å². The Morgan fingerprint density at radius 2 is 1.93 bits per heavy atom. The molecule has 2 aromatic carbocycles. The number of likely N-dealkylation sites (tertiary alicyclic amines) is 1. The zero-order valence-corrected chi connectivity index (χ0v) is 15.3. The fourth-order valence-corrected chi connectivity index (χ4v) is 3.67. The molecular formula is C21H16F2N4O2. The second-order valence-electron chi connectivity index (χ2n) is 7.16. The van der Waals surface area contributed by atoms with Gasteiger partial charge in [-0.15, -0.1) is 0 Å². The number of carbonyl (C=O) groups excluding carboxylic acids is 1. The van der Waals surface area contributed by atoms with Gasteiger partial charge in [-0.2, -0.15) is 5.10 Å². The van der Waals surface area contributed by atoms with Crippen LogP contribution in [0.15, 0.2) is 57.8 Å². The van der Waals surface area contributed by atoms with E-state index in [2.05, 4.69) is 10.3 Å². The lowest BCUT2D eigenvalue weighted by Crippen LogP contribution is -2.49. The number of amides is 2. The van der Waals surface area contributed by atoms with E-state index in [4.69, 9.17) is 4.52 Å². The number of halogens is 2. The average molecular weight is 394 g/mol. The number of aromatic nitrogens is 1. The molecule has 0 saturated carbocycles. The Labute approximate surface area is 164 Å². The van der Waals surface area contributed by atoms with Crippen molar-refractivity contribution in [3.63, 3.8) is 0 Å². The molecule has 0 spiro atoms. The summed E-state index contributed by atoms with van der Waals surface area (Å²) in [7, 11) is 0. The van der Waals surface area contributed by atoms with Crippen LogP contribution in [0.2, 0.25) is 0 Å². The summed E-state index contributed by atoms with van der Waals surface area (Å²) in [4.78, 5) is 14.5. The number of hydrazone groups is 1. The van der Waals surface area contributed by atoms with Crippen LogP contribution in [0.4, 0.5) is 13.6 Å². The molecule has 29 heavy (non-hydrogen) atoms. The van der Waals surface area contributed by atoms with Crippen molar-refractivity contribution in [1.29, 1.82) is 0 Å². The van der Waals surface area contributed by atoms with Gasteiger partial charge in [0.15, 0.2) is 5.58 Å². The minimum atomic E-state index is -0.668. The van der Waals surface area contributed by atoms with Gasteiger partial charge in [-0.25, -0.2) is 18.6 Å². The fraction of sp³-hybridized carbons (Fsp3) is 0.190. The van der Waals surface area contributed by atoms with Crippen molar-refractivity contribution in [1.82, 2.24) is 15.1 Å². The van der Waals surface area contributed by atoms with Crippen LogP contribution in [0.25, 0.3) is 17.0 Å². The topological polar surface area (TPSA) is 61.9 Å². The normalized spacial score (nSPS) is 18.4. The molecule has 1 fully saturated rings.